The Hall–Kier alpha value is -1.05. The van der Waals surface area contributed by atoms with Crippen LogP contribution in [0.3, 0.4) is 0 Å². The molecule has 3 rings (SSSR count). The van der Waals surface area contributed by atoms with E-state index in [1.807, 2.05) is 0 Å². The zero-order valence-electron chi connectivity index (χ0n) is 14.6. The van der Waals surface area contributed by atoms with Gasteiger partial charge in [-0.2, -0.15) is 0 Å². The highest BCUT2D eigenvalue weighted by molar-refractivity contribution is 7.16. The first-order valence-electron chi connectivity index (χ1n) is 8.58. The highest BCUT2D eigenvalue weighted by atomic mass is 31.0. The Morgan fingerprint density at radius 1 is 0.600 bits per heavy atom. The van der Waals surface area contributed by atoms with Gasteiger partial charge in [0.05, 0.1) is 0 Å². The molecule has 3 aromatic rings. The van der Waals surface area contributed by atoms with Crippen LogP contribution in [-0.4, -0.2) is 0 Å². The van der Waals surface area contributed by atoms with Gasteiger partial charge in [-0.25, -0.2) is 0 Å². The Balaban J connectivity index is 2.04. The van der Waals surface area contributed by atoms with Crippen molar-refractivity contribution >= 4 is 27.7 Å². The standard InChI is InChI=1S/C22H25P3/c1-15-2-5-19(18-8-9-20(13-24)21(10-18)14-25)11-22(15)17-6-3-16(12-23)4-7-17/h2-11H,12-14,23-25H2,1H3. The maximum Gasteiger partial charge on any atom is -0.0125 e. The van der Waals surface area contributed by atoms with Crippen LogP contribution in [0.5, 0.6) is 0 Å². The van der Waals surface area contributed by atoms with E-state index >= 15 is 0 Å². The molecular weight excluding hydrogens is 357 g/mol. The second kappa shape index (κ2) is 8.56. The molecule has 0 aliphatic heterocycles. The van der Waals surface area contributed by atoms with E-state index in [1.165, 1.54) is 44.5 Å². The van der Waals surface area contributed by atoms with E-state index in [0.717, 1.165) is 18.5 Å². The molecule has 0 saturated carbocycles. The largest absolute Gasteiger partial charge is 0.133 e. The van der Waals surface area contributed by atoms with Crippen LogP contribution >= 0.6 is 27.7 Å². The third-order valence-corrected chi connectivity index (χ3v) is 6.07. The van der Waals surface area contributed by atoms with Crippen molar-refractivity contribution in [2.45, 2.75) is 25.4 Å². The summed E-state index contributed by atoms with van der Waals surface area (Å²) in [7, 11) is 8.46. The third-order valence-electron chi connectivity index (χ3n) is 4.72. The second-order valence-corrected chi connectivity index (χ2v) is 7.55. The minimum atomic E-state index is 0.993. The van der Waals surface area contributed by atoms with Gasteiger partial charge in [0.15, 0.2) is 0 Å². The van der Waals surface area contributed by atoms with Crippen molar-refractivity contribution in [1.82, 2.24) is 0 Å². The van der Waals surface area contributed by atoms with Crippen LogP contribution in [0, 0.1) is 6.92 Å². The normalized spacial score (nSPS) is 10.9. The summed E-state index contributed by atoms with van der Waals surface area (Å²) in [5, 5.41) is 0. The number of aryl methyl sites for hydroxylation is 1. The smallest absolute Gasteiger partial charge is 0.0125 e. The number of hydrogen-bond donors (Lipinski definition) is 0. The Kier molecular flexibility index (Phi) is 6.41. The molecule has 0 nitrogen and oxygen atoms in total. The van der Waals surface area contributed by atoms with E-state index in [4.69, 9.17) is 0 Å². The minimum absolute atomic E-state index is 0.993. The van der Waals surface area contributed by atoms with Crippen molar-refractivity contribution in [3.63, 3.8) is 0 Å². The molecule has 0 heterocycles. The summed E-state index contributed by atoms with van der Waals surface area (Å²) in [5.74, 6) is 0. The molecule has 0 fully saturated rings. The fraction of sp³-hybridized carbons (Fsp3) is 0.182. The fourth-order valence-corrected chi connectivity index (χ4v) is 4.18. The summed E-state index contributed by atoms with van der Waals surface area (Å²) < 4.78 is 0. The number of benzene rings is 3. The molecule has 0 bridgehead atoms. The lowest BCUT2D eigenvalue weighted by atomic mass is 9.93. The summed E-state index contributed by atoms with van der Waals surface area (Å²) in [6.45, 7) is 2.19. The van der Waals surface area contributed by atoms with E-state index in [0.29, 0.717) is 0 Å². The first-order valence-corrected chi connectivity index (χ1v) is 11.0. The lowest BCUT2D eigenvalue weighted by Crippen LogP contribution is -1.91. The minimum Gasteiger partial charge on any atom is -0.133 e. The second-order valence-electron chi connectivity index (χ2n) is 6.32. The van der Waals surface area contributed by atoms with Crippen molar-refractivity contribution in [2.24, 2.45) is 0 Å². The maximum absolute atomic E-state index is 2.85. The van der Waals surface area contributed by atoms with Crippen LogP contribution in [0.1, 0.15) is 22.3 Å². The first kappa shape index (κ1) is 18.7. The molecule has 0 saturated heterocycles. The molecule has 0 amide bonds. The molecule has 0 aromatic heterocycles. The van der Waals surface area contributed by atoms with Crippen LogP contribution < -0.4 is 0 Å². The van der Waals surface area contributed by atoms with Gasteiger partial charge < -0.3 is 0 Å². The molecular formula is C22H25P3. The van der Waals surface area contributed by atoms with E-state index < -0.39 is 0 Å². The van der Waals surface area contributed by atoms with Crippen molar-refractivity contribution in [3.8, 4) is 22.3 Å². The Morgan fingerprint density at radius 2 is 1.20 bits per heavy atom. The highest BCUT2D eigenvalue weighted by Gasteiger charge is 2.07. The van der Waals surface area contributed by atoms with Gasteiger partial charge in [-0.3, -0.25) is 0 Å². The average Bonchev–Trinajstić information content (AvgIpc) is 2.68. The fourth-order valence-electron chi connectivity index (χ4n) is 3.13. The van der Waals surface area contributed by atoms with Crippen LogP contribution in [0.2, 0.25) is 0 Å². The molecule has 0 radical (unpaired) electrons. The van der Waals surface area contributed by atoms with Gasteiger partial charge in [0, 0.05) is 0 Å². The SMILES string of the molecule is Cc1ccc(-c2ccc(CP)c(CP)c2)cc1-c1ccc(CP)cc1. The average molecular weight is 382 g/mol. The zero-order chi connectivity index (χ0) is 17.8. The van der Waals surface area contributed by atoms with Crippen LogP contribution in [0.15, 0.2) is 60.7 Å². The Morgan fingerprint density at radius 3 is 1.84 bits per heavy atom. The van der Waals surface area contributed by atoms with Gasteiger partial charge in [-0.05, 0) is 76.0 Å². The van der Waals surface area contributed by atoms with Crippen LogP contribution in [-0.2, 0) is 18.5 Å². The molecule has 3 heteroatoms. The van der Waals surface area contributed by atoms with Crippen LogP contribution in [0.4, 0.5) is 0 Å². The zero-order valence-corrected chi connectivity index (χ0v) is 18.1. The molecule has 25 heavy (non-hydrogen) atoms. The molecule has 0 aliphatic carbocycles. The van der Waals surface area contributed by atoms with Crippen molar-refractivity contribution in [2.75, 3.05) is 0 Å². The predicted octanol–water partition coefficient (Wildman–Crippen LogP) is 6.45. The van der Waals surface area contributed by atoms with Gasteiger partial charge in [-0.1, -0.05) is 54.6 Å². The maximum atomic E-state index is 2.85. The van der Waals surface area contributed by atoms with Crippen LogP contribution in [0.25, 0.3) is 22.3 Å². The summed E-state index contributed by atoms with van der Waals surface area (Å²) in [6.07, 6.45) is 3.00. The van der Waals surface area contributed by atoms with E-state index in [-0.39, 0.29) is 0 Å². The van der Waals surface area contributed by atoms with E-state index in [2.05, 4.69) is 95.3 Å². The molecule has 3 unspecified atom stereocenters. The lowest BCUT2D eigenvalue weighted by Gasteiger charge is -2.13. The Bertz CT molecular complexity index is 867. The van der Waals surface area contributed by atoms with Gasteiger partial charge in [0.1, 0.15) is 0 Å². The Labute approximate surface area is 158 Å². The van der Waals surface area contributed by atoms with Crippen molar-refractivity contribution < 1.29 is 0 Å². The van der Waals surface area contributed by atoms with Gasteiger partial charge in [0.25, 0.3) is 0 Å². The molecule has 128 valence electrons. The third kappa shape index (κ3) is 4.20. The predicted molar refractivity (Wildman–Crippen MR) is 122 cm³/mol. The van der Waals surface area contributed by atoms with E-state index in [9.17, 15) is 0 Å². The van der Waals surface area contributed by atoms with Gasteiger partial charge in [-0.15, -0.1) is 27.7 Å². The van der Waals surface area contributed by atoms with Crippen molar-refractivity contribution in [1.29, 1.82) is 0 Å². The lowest BCUT2D eigenvalue weighted by molar-refractivity contribution is 1.28. The molecule has 0 N–H and O–H groups in total. The summed E-state index contributed by atoms with van der Waals surface area (Å²) >= 11 is 0. The first-order chi connectivity index (χ1) is 12.2. The summed E-state index contributed by atoms with van der Waals surface area (Å²) in [5.41, 5.74) is 10.7. The molecule has 0 aliphatic rings. The topological polar surface area (TPSA) is 0 Å². The quantitative estimate of drug-likeness (QED) is 0.445. The monoisotopic (exact) mass is 382 g/mol. The highest BCUT2D eigenvalue weighted by Crippen LogP contribution is 2.31. The molecule has 3 atom stereocenters. The van der Waals surface area contributed by atoms with Gasteiger partial charge >= 0.3 is 0 Å². The molecule has 0 spiro atoms. The summed E-state index contributed by atoms with van der Waals surface area (Å²) in [6, 6.07) is 22.5. The number of rotatable bonds is 5. The molecule has 3 aromatic carbocycles. The van der Waals surface area contributed by atoms with Crippen molar-refractivity contribution in [3.05, 3.63) is 82.9 Å². The van der Waals surface area contributed by atoms with Gasteiger partial charge in [0.2, 0.25) is 0 Å². The number of hydrogen-bond acceptors (Lipinski definition) is 0. The van der Waals surface area contributed by atoms with E-state index in [1.54, 1.807) is 0 Å². The summed E-state index contributed by atoms with van der Waals surface area (Å²) in [4.78, 5) is 0.